The fourth-order valence-corrected chi connectivity index (χ4v) is 4.32. The molecule has 0 bridgehead atoms. The topological polar surface area (TPSA) is 86.8 Å². The minimum Gasteiger partial charge on any atom is -0.350 e. The van der Waals surface area contributed by atoms with Crippen LogP contribution < -0.4 is 9.62 Å². The highest BCUT2D eigenvalue weighted by Crippen LogP contribution is 2.25. The molecule has 1 atom stereocenters. The maximum atomic E-state index is 13.5. The molecule has 0 spiro atoms. The Morgan fingerprint density at radius 2 is 1.70 bits per heavy atom. The normalized spacial score (nSPS) is 12.7. The summed E-state index contributed by atoms with van der Waals surface area (Å²) in [6.45, 7) is 8.84. The molecule has 2 amide bonds. The molecule has 0 heterocycles. The predicted molar refractivity (Wildman–Crippen MR) is 135 cm³/mol. The second kappa shape index (κ2) is 10.7. The number of amides is 2. The summed E-state index contributed by atoms with van der Waals surface area (Å²) in [6, 6.07) is 13.6. The molecule has 2 aromatic rings. The van der Waals surface area contributed by atoms with E-state index in [2.05, 4.69) is 21.2 Å². The molecule has 0 unspecified atom stereocenters. The summed E-state index contributed by atoms with van der Waals surface area (Å²) in [5.74, 6) is -0.779. The maximum absolute atomic E-state index is 13.5. The molecule has 9 heteroatoms. The molecular formula is C24H32BrN3O4S. The van der Waals surface area contributed by atoms with E-state index in [1.54, 1.807) is 25.1 Å². The summed E-state index contributed by atoms with van der Waals surface area (Å²) in [6.07, 6.45) is 1.06. The van der Waals surface area contributed by atoms with Gasteiger partial charge in [0, 0.05) is 16.6 Å². The number of anilines is 1. The molecule has 0 fully saturated rings. The largest absolute Gasteiger partial charge is 0.350 e. The van der Waals surface area contributed by atoms with Crippen LogP contribution in [-0.4, -0.2) is 49.5 Å². The Labute approximate surface area is 205 Å². The molecular weight excluding hydrogens is 506 g/mol. The van der Waals surface area contributed by atoms with Crippen molar-refractivity contribution in [2.75, 3.05) is 17.1 Å². The van der Waals surface area contributed by atoms with Gasteiger partial charge in [-0.2, -0.15) is 0 Å². The van der Waals surface area contributed by atoms with Gasteiger partial charge in [-0.05, 0) is 63.9 Å². The average molecular weight is 539 g/mol. The van der Waals surface area contributed by atoms with Crippen LogP contribution in [0.1, 0.15) is 38.8 Å². The van der Waals surface area contributed by atoms with Gasteiger partial charge in [-0.1, -0.05) is 46.3 Å². The van der Waals surface area contributed by atoms with Crippen LogP contribution in [-0.2, 0) is 26.2 Å². The summed E-state index contributed by atoms with van der Waals surface area (Å²) in [7, 11) is -3.75. The number of nitrogens with one attached hydrogen (secondary N) is 1. The lowest BCUT2D eigenvalue weighted by atomic mass is 10.1. The number of carbonyl (C=O) groups is 2. The molecule has 0 saturated heterocycles. The zero-order valence-corrected chi connectivity index (χ0v) is 22.3. The van der Waals surface area contributed by atoms with Gasteiger partial charge in [0.25, 0.3) is 0 Å². The zero-order valence-electron chi connectivity index (χ0n) is 19.9. The van der Waals surface area contributed by atoms with E-state index in [-0.39, 0.29) is 12.5 Å². The minimum absolute atomic E-state index is 0.176. The van der Waals surface area contributed by atoms with E-state index < -0.39 is 34.1 Å². The summed E-state index contributed by atoms with van der Waals surface area (Å²) in [5, 5.41) is 2.90. The number of sulfonamides is 1. The number of rotatable bonds is 8. The summed E-state index contributed by atoms with van der Waals surface area (Å²) in [5.41, 5.74) is 1.60. The van der Waals surface area contributed by atoms with Crippen molar-refractivity contribution < 1.29 is 18.0 Å². The van der Waals surface area contributed by atoms with Gasteiger partial charge in [-0.15, -0.1) is 0 Å². The molecule has 0 aromatic heterocycles. The standard InChI is InChI=1S/C24H32BrN3O4S/c1-17-14-20(12-13-21(17)25)28(33(6,31)32)16-22(29)27(15-19-10-8-7-9-11-19)18(2)23(30)26-24(3,4)5/h7-14,18H,15-16H2,1-6H3,(H,26,30)/t18-/m1/s1. The van der Waals surface area contributed by atoms with E-state index in [9.17, 15) is 18.0 Å². The highest BCUT2D eigenvalue weighted by Gasteiger charge is 2.31. The van der Waals surface area contributed by atoms with Gasteiger partial charge < -0.3 is 10.2 Å². The van der Waals surface area contributed by atoms with Crippen LogP contribution in [0.2, 0.25) is 0 Å². The summed E-state index contributed by atoms with van der Waals surface area (Å²) < 4.78 is 27.1. The third-order valence-corrected chi connectivity index (χ3v) is 7.00. The summed E-state index contributed by atoms with van der Waals surface area (Å²) >= 11 is 3.41. The van der Waals surface area contributed by atoms with Gasteiger partial charge in [0.2, 0.25) is 21.8 Å². The second-order valence-corrected chi connectivity index (χ2v) is 11.9. The van der Waals surface area contributed by atoms with Crippen molar-refractivity contribution in [1.29, 1.82) is 0 Å². The number of carbonyl (C=O) groups excluding carboxylic acids is 2. The number of hydrogen-bond donors (Lipinski definition) is 1. The van der Waals surface area contributed by atoms with E-state index in [1.807, 2.05) is 58.0 Å². The Kier molecular flexibility index (Phi) is 8.70. The SMILES string of the molecule is Cc1cc(N(CC(=O)N(Cc2ccccc2)[C@H](C)C(=O)NC(C)(C)C)S(C)(=O)=O)ccc1Br. The van der Waals surface area contributed by atoms with E-state index in [4.69, 9.17) is 0 Å². The van der Waals surface area contributed by atoms with Gasteiger partial charge in [0.1, 0.15) is 12.6 Å². The van der Waals surface area contributed by atoms with Crippen molar-refractivity contribution in [3.63, 3.8) is 0 Å². The number of hydrogen-bond acceptors (Lipinski definition) is 4. The fourth-order valence-electron chi connectivity index (χ4n) is 3.23. The van der Waals surface area contributed by atoms with E-state index in [0.29, 0.717) is 5.69 Å². The van der Waals surface area contributed by atoms with Crippen molar-refractivity contribution in [2.24, 2.45) is 0 Å². The second-order valence-electron chi connectivity index (χ2n) is 9.13. The Hall–Kier alpha value is -2.39. The lowest BCUT2D eigenvalue weighted by Gasteiger charge is -2.33. The monoisotopic (exact) mass is 537 g/mol. The van der Waals surface area contributed by atoms with Crippen molar-refractivity contribution in [3.8, 4) is 0 Å². The molecule has 2 rings (SSSR count). The summed E-state index contributed by atoms with van der Waals surface area (Å²) in [4.78, 5) is 27.8. The molecule has 0 saturated carbocycles. The number of benzene rings is 2. The Morgan fingerprint density at radius 3 is 2.21 bits per heavy atom. The molecule has 180 valence electrons. The molecule has 0 aliphatic rings. The third kappa shape index (κ3) is 7.85. The van der Waals surface area contributed by atoms with E-state index in [1.165, 1.54) is 4.90 Å². The quantitative estimate of drug-likeness (QED) is 0.553. The predicted octanol–water partition coefficient (Wildman–Crippen LogP) is 3.86. The first kappa shape index (κ1) is 26.9. The van der Waals surface area contributed by atoms with Crippen molar-refractivity contribution in [3.05, 3.63) is 64.1 Å². The van der Waals surface area contributed by atoms with Crippen molar-refractivity contribution in [1.82, 2.24) is 10.2 Å². The first-order chi connectivity index (χ1) is 15.2. The van der Waals surface area contributed by atoms with Gasteiger partial charge in [-0.3, -0.25) is 13.9 Å². The van der Waals surface area contributed by atoms with Gasteiger partial charge >= 0.3 is 0 Å². The third-order valence-electron chi connectivity index (χ3n) is 4.97. The number of nitrogens with zero attached hydrogens (tertiary/aromatic N) is 2. The highest BCUT2D eigenvalue weighted by atomic mass is 79.9. The fraction of sp³-hybridized carbons (Fsp3) is 0.417. The lowest BCUT2D eigenvalue weighted by Crippen LogP contribution is -2.54. The Bertz CT molecular complexity index is 1100. The van der Waals surface area contributed by atoms with Crippen LogP contribution in [0.4, 0.5) is 5.69 Å². The average Bonchev–Trinajstić information content (AvgIpc) is 2.70. The van der Waals surface area contributed by atoms with Gasteiger partial charge in [0.05, 0.1) is 11.9 Å². The van der Waals surface area contributed by atoms with Crippen molar-refractivity contribution in [2.45, 2.75) is 52.7 Å². The van der Waals surface area contributed by atoms with Crippen molar-refractivity contribution >= 4 is 43.5 Å². The zero-order chi connectivity index (χ0) is 25.0. The Balaban J connectivity index is 2.40. The molecule has 0 aliphatic heterocycles. The number of halogens is 1. The smallest absolute Gasteiger partial charge is 0.244 e. The van der Waals surface area contributed by atoms with Crippen LogP contribution in [0.3, 0.4) is 0 Å². The number of aryl methyl sites for hydroxylation is 1. The molecule has 1 N–H and O–H groups in total. The first-order valence-electron chi connectivity index (χ1n) is 10.6. The van der Waals surface area contributed by atoms with E-state index in [0.717, 1.165) is 26.2 Å². The van der Waals surface area contributed by atoms with Crippen LogP contribution in [0, 0.1) is 6.92 Å². The molecule has 0 aliphatic carbocycles. The van der Waals surface area contributed by atoms with Crippen LogP contribution in [0.25, 0.3) is 0 Å². The van der Waals surface area contributed by atoms with Crippen LogP contribution >= 0.6 is 15.9 Å². The first-order valence-corrected chi connectivity index (χ1v) is 13.2. The molecule has 33 heavy (non-hydrogen) atoms. The molecule has 2 aromatic carbocycles. The molecule has 7 nitrogen and oxygen atoms in total. The van der Waals surface area contributed by atoms with Gasteiger partial charge in [0.15, 0.2) is 0 Å². The maximum Gasteiger partial charge on any atom is 0.244 e. The van der Waals surface area contributed by atoms with Crippen LogP contribution in [0.15, 0.2) is 53.0 Å². The van der Waals surface area contributed by atoms with Crippen LogP contribution in [0.5, 0.6) is 0 Å². The van der Waals surface area contributed by atoms with E-state index >= 15 is 0 Å². The Morgan fingerprint density at radius 1 is 1.09 bits per heavy atom. The minimum atomic E-state index is -3.75. The van der Waals surface area contributed by atoms with Gasteiger partial charge in [-0.25, -0.2) is 8.42 Å². The highest BCUT2D eigenvalue weighted by molar-refractivity contribution is 9.10. The lowest BCUT2D eigenvalue weighted by molar-refractivity contribution is -0.140. The molecule has 0 radical (unpaired) electrons.